The molecule has 1 atom stereocenters. The molecule has 0 saturated carbocycles. The number of Topliss-reactive ketones (excluding diaryl/α,β-unsaturated/α-hetero) is 1. The van der Waals surface area contributed by atoms with Crippen molar-refractivity contribution in [2.24, 2.45) is 5.73 Å². The quantitative estimate of drug-likeness (QED) is 0.689. The summed E-state index contributed by atoms with van der Waals surface area (Å²) in [5.41, 5.74) is 6.56. The van der Waals surface area contributed by atoms with E-state index in [1.807, 2.05) is 0 Å². The molecule has 0 radical (unpaired) electrons. The Morgan fingerprint density at radius 2 is 2.43 bits per heavy atom. The summed E-state index contributed by atoms with van der Waals surface area (Å²) in [4.78, 5) is 19.5. The third-order valence-electron chi connectivity index (χ3n) is 1.93. The van der Waals surface area contributed by atoms with Crippen LogP contribution >= 0.6 is 0 Å². The Labute approximate surface area is 80.6 Å². The summed E-state index contributed by atoms with van der Waals surface area (Å²) in [5, 5.41) is 0. The molecule has 0 spiro atoms. The molecule has 2 rings (SSSR count). The van der Waals surface area contributed by atoms with E-state index in [1.54, 1.807) is 36.1 Å². The Balaban J connectivity index is 2.50. The van der Waals surface area contributed by atoms with Crippen molar-refractivity contribution in [2.75, 3.05) is 0 Å². The highest BCUT2D eigenvalue weighted by atomic mass is 16.1. The number of nitrogens with zero attached hydrogens (tertiary/aromatic N) is 3. The number of aromatic nitrogens is 3. The third kappa shape index (κ3) is 1.38. The van der Waals surface area contributed by atoms with Crippen LogP contribution in [0, 0.1) is 0 Å². The van der Waals surface area contributed by atoms with E-state index in [9.17, 15) is 4.79 Å². The molecule has 1 unspecified atom stereocenters. The van der Waals surface area contributed by atoms with Crippen molar-refractivity contribution in [1.29, 1.82) is 0 Å². The van der Waals surface area contributed by atoms with Gasteiger partial charge in [-0.25, -0.2) is 9.97 Å². The summed E-state index contributed by atoms with van der Waals surface area (Å²) in [7, 11) is 0. The first-order chi connectivity index (χ1) is 6.68. The van der Waals surface area contributed by atoms with Crippen LogP contribution < -0.4 is 5.73 Å². The van der Waals surface area contributed by atoms with Gasteiger partial charge in [-0.2, -0.15) is 0 Å². The van der Waals surface area contributed by atoms with E-state index in [0.29, 0.717) is 11.3 Å². The van der Waals surface area contributed by atoms with Crippen LogP contribution in [0.2, 0.25) is 0 Å². The second-order valence-corrected chi connectivity index (χ2v) is 3.12. The van der Waals surface area contributed by atoms with E-state index in [-0.39, 0.29) is 5.78 Å². The number of hydrogen-bond donors (Lipinski definition) is 1. The van der Waals surface area contributed by atoms with Gasteiger partial charge in [-0.05, 0) is 13.0 Å². The molecule has 0 aromatic carbocycles. The predicted octanol–water partition coefficient (Wildman–Crippen LogP) is 0.259. The molecule has 0 bridgehead atoms. The van der Waals surface area contributed by atoms with Gasteiger partial charge in [0.25, 0.3) is 0 Å². The lowest BCUT2D eigenvalue weighted by molar-refractivity contribution is 0.0963. The second-order valence-electron chi connectivity index (χ2n) is 3.12. The molecular weight excluding hydrogens is 180 g/mol. The van der Waals surface area contributed by atoms with Crippen molar-refractivity contribution >= 4 is 11.4 Å². The highest BCUT2D eigenvalue weighted by molar-refractivity contribution is 5.98. The molecule has 5 heteroatoms. The van der Waals surface area contributed by atoms with E-state index in [4.69, 9.17) is 5.73 Å². The largest absolute Gasteiger partial charge is 0.321 e. The van der Waals surface area contributed by atoms with Gasteiger partial charge in [-0.1, -0.05) is 0 Å². The summed E-state index contributed by atoms with van der Waals surface area (Å²) < 4.78 is 1.69. The van der Waals surface area contributed by atoms with Crippen LogP contribution in [0.5, 0.6) is 0 Å². The minimum Gasteiger partial charge on any atom is -0.321 e. The molecule has 0 aliphatic rings. The van der Waals surface area contributed by atoms with Gasteiger partial charge in [0.2, 0.25) is 0 Å². The summed E-state index contributed by atoms with van der Waals surface area (Å²) >= 11 is 0. The van der Waals surface area contributed by atoms with Gasteiger partial charge in [-0.3, -0.25) is 9.20 Å². The maximum atomic E-state index is 11.5. The zero-order valence-corrected chi connectivity index (χ0v) is 7.71. The first-order valence-electron chi connectivity index (χ1n) is 4.27. The molecule has 0 aliphatic carbocycles. The van der Waals surface area contributed by atoms with Crippen LogP contribution in [-0.4, -0.2) is 26.2 Å². The smallest absolute Gasteiger partial charge is 0.199 e. The zero-order valence-electron chi connectivity index (χ0n) is 7.71. The van der Waals surface area contributed by atoms with Crippen LogP contribution in [0.1, 0.15) is 17.4 Å². The predicted molar refractivity (Wildman–Crippen MR) is 51.0 cm³/mol. The van der Waals surface area contributed by atoms with Crippen molar-refractivity contribution in [1.82, 2.24) is 14.4 Å². The number of ketones is 1. The number of carbonyl (C=O) groups excluding carboxylic acids is 1. The maximum absolute atomic E-state index is 11.5. The van der Waals surface area contributed by atoms with Crippen molar-refractivity contribution in [3.63, 3.8) is 0 Å². The van der Waals surface area contributed by atoms with Crippen molar-refractivity contribution in [3.05, 3.63) is 30.5 Å². The average Bonchev–Trinajstić information content (AvgIpc) is 2.59. The number of rotatable bonds is 2. The molecule has 2 aromatic rings. The van der Waals surface area contributed by atoms with E-state index in [0.717, 1.165) is 0 Å². The maximum Gasteiger partial charge on any atom is 0.199 e. The number of fused-ring (bicyclic) bond motifs is 1. The highest BCUT2D eigenvalue weighted by Gasteiger charge is 2.14. The van der Waals surface area contributed by atoms with Gasteiger partial charge < -0.3 is 5.73 Å². The fraction of sp³-hybridized carbons (Fsp3) is 0.222. The lowest BCUT2D eigenvalue weighted by Crippen LogP contribution is -2.26. The van der Waals surface area contributed by atoms with Gasteiger partial charge in [0.15, 0.2) is 5.78 Å². The Hall–Kier alpha value is -1.75. The topological polar surface area (TPSA) is 73.3 Å². The fourth-order valence-corrected chi connectivity index (χ4v) is 1.20. The van der Waals surface area contributed by atoms with Crippen molar-refractivity contribution in [2.45, 2.75) is 13.0 Å². The first kappa shape index (κ1) is 8.83. The Morgan fingerprint density at radius 1 is 1.64 bits per heavy atom. The van der Waals surface area contributed by atoms with Crippen molar-refractivity contribution in [3.8, 4) is 0 Å². The van der Waals surface area contributed by atoms with Gasteiger partial charge in [0, 0.05) is 12.4 Å². The Kier molecular flexibility index (Phi) is 2.01. The molecule has 72 valence electrons. The van der Waals surface area contributed by atoms with Crippen LogP contribution in [0.25, 0.3) is 5.65 Å². The molecule has 0 amide bonds. The first-order valence-corrected chi connectivity index (χ1v) is 4.27. The van der Waals surface area contributed by atoms with Gasteiger partial charge in [-0.15, -0.1) is 0 Å². The normalized spacial score (nSPS) is 13.0. The molecule has 5 nitrogen and oxygen atoms in total. The van der Waals surface area contributed by atoms with E-state index < -0.39 is 6.04 Å². The lowest BCUT2D eigenvalue weighted by Gasteiger charge is -1.97. The summed E-state index contributed by atoms with van der Waals surface area (Å²) in [5.74, 6) is -0.159. The Bertz CT molecular complexity index is 441. The fourth-order valence-electron chi connectivity index (χ4n) is 1.20. The molecule has 14 heavy (non-hydrogen) atoms. The SMILES string of the molecule is CC(N)C(=O)c1cn2cnccc2n1. The second kappa shape index (κ2) is 3.19. The monoisotopic (exact) mass is 190 g/mol. The number of hydrogen-bond acceptors (Lipinski definition) is 4. The molecular formula is C9H10N4O. The molecule has 2 aromatic heterocycles. The van der Waals surface area contributed by atoms with Gasteiger partial charge in [0.1, 0.15) is 17.7 Å². The number of imidazole rings is 1. The lowest BCUT2D eigenvalue weighted by atomic mass is 10.2. The van der Waals surface area contributed by atoms with Gasteiger partial charge in [0.05, 0.1) is 6.04 Å². The van der Waals surface area contributed by atoms with Crippen LogP contribution in [0.4, 0.5) is 0 Å². The average molecular weight is 190 g/mol. The highest BCUT2D eigenvalue weighted by Crippen LogP contribution is 2.04. The molecule has 0 saturated heterocycles. The molecule has 2 heterocycles. The summed E-state index contributed by atoms with van der Waals surface area (Å²) in [6.07, 6.45) is 4.86. The number of nitrogens with two attached hydrogens (primary N) is 1. The van der Waals surface area contributed by atoms with Crippen LogP contribution in [-0.2, 0) is 0 Å². The van der Waals surface area contributed by atoms with E-state index in [1.165, 1.54) is 0 Å². The van der Waals surface area contributed by atoms with E-state index in [2.05, 4.69) is 9.97 Å². The third-order valence-corrected chi connectivity index (χ3v) is 1.93. The zero-order chi connectivity index (χ0) is 10.1. The van der Waals surface area contributed by atoms with Crippen molar-refractivity contribution < 1.29 is 4.79 Å². The molecule has 2 N–H and O–H groups in total. The minimum absolute atomic E-state index is 0.159. The molecule has 0 fully saturated rings. The van der Waals surface area contributed by atoms with Crippen LogP contribution in [0.3, 0.4) is 0 Å². The van der Waals surface area contributed by atoms with Crippen LogP contribution in [0.15, 0.2) is 24.8 Å². The number of carbonyl (C=O) groups is 1. The van der Waals surface area contributed by atoms with Gasteiger partial charge >= 0.3 is 0 Å². The summed E-state index contributed by atoms with van der Waals surface area (Å²) in [6, 6.07) is 1.21. The minimum atomic E-state index is -0.520. The van der Waals surface area contributed by atoms with E-state index >= 15 is 0 Å². The molecule has 0 aliphatic heterocycles. The Morgan fingerprint density at radius 3 is 3.07 bits per heavy atom. The summed E-state index contributed by atoms with van der Waals surface area (Å²) in [6.45, 7) is 1.64. The standard InChI is InChI=1S/C9H10N4O/c1-6(10)9(14)7-4-13-5-11-3-2-8(13)12-7/h2-6H,10H2,1H3.